The highest BCUT2D eigenvalue weighted by Crippen LogP contribution is 2.28. The van der Waals surface area contributed by atoms with Gasteiger partial charge in [-0.1, -0.05) is 36.4 Å². The van der Waals surface area contributed by atoms with Crippen LogP contribution >= 0.6 is 11.8 Å². The molecule has 2 aromatic heterocycles. The zero-order valence-corrected chi connectivity index (χ0v) is 21.5. The molecule has 0 bridgehead atoms. The average Bonchev–Trinajstić information content (AvgIpc) is 2.94. The number of thioether (sulfide) groups is 1. The number of fused-ring (bicyclic) bond motifs is 1. The van der Waals surface area contributed by atoms with Crippen molar-refractivity contribution in [3.63, 3.8) is 0 Å². The predicted molar refractivity (Wildman–Crippen MR) is 144 cm³/mol. The third-order valence-corrected chi connectivity index (χ3v) is 7.70. The van der Waals surface area contributed by atoms with Crippen molar-refractivity contribution in [3.05, 3.63) is 99.1 Å². The fourth-order valence-corrected chi connectivity index (χ4v) is 5.49. The Hall–Kier alpha value is -3.76. The minimum Gasteiger partial charge on any atom is -0.378 e. The molecule has 1 aliphatic rings. The lowest BCUT2D eigenvalue weighted by atomic mass is 9.90. The summed E-state index contributed by atoms with van der Waals surface area (Å²) in [7, 11) is 0. The van der Waals surface area contributed by atoms with Crippen LogP contribution in [0.4, 0.5) is 4.39 Å². The summed E-state index contributed by atoms with van der Waals surface area (Å²) in [4.78, 5) is 44.8. The van der Waals surface area contributed by atoms with Gasteiger partial charge in [0.1, 0.15) is 5.82 Å². The van der Waals surface area contributed by atoms with E-state index in [2.05, 4.69) is 10.3 Å². The molecule has 1 fully saturated rings. The van der Waals surface area contributed by atoms with Gasteiger partial charge in [0.15, 0.2) is 11.8 Å². The van der Waals surface area contributed by atoms with E-state index < -0.39 is 35.1 Å². The van der Waals surface area contributed by atoms with Crippen molar-refractivity contribution in [2.75, 3.05) is 6.26 Å². The number of hydrogen-bond acceptors (Lipinski definition) is 6. The molecule has 0 aliphatic heterocycles. The fourth-order valence-electron chi connectivity index (χ4n) is 5.03. The second kappa shape index (κ2) is 10.9. The Morgan fingerprint density at radius 1 is 1.08 bits per heavy atom. The largest absolute Gasteiger partial charge is 0.378 e. The molecule has 2 heterocycles. The number of halogens is 1. The van der Waals surface area contributed by atoms with E-state index in [1.807, 2.05) is 30.5 Å². The van der Waals surface area contributed by atoms with Gasteiger partial charge < -0.3 is 10.4 Å². The van der Waals surface area contributed by atoms with Gasteiger partial charge in [-0.3, -0.25) is 14.2 Å². The molecule has 1 atom stereocenters. The number of benzene rings is 2. The van der Waals surface area contributed by atoms with Crippen LogP contribution in [0.5, 0.6) is 0 Å². The fraction of sp³-hybridized carbons (Fsp3) is 0.286. The minimum atomic E-state index is -1.27. The first kappa shape index (κ1) is 25.9. The molecule has 1 amide bonds. The zero-order valence-electron chi connectivity index (χ0n) is 20.7. The first-order valence-electron chi connectivity index (χ1n) is 12.4. The molecule has 196 valence electrons. The molecule has 10 heteroatoms. The van der Waals surface area contributed by atoms with Crippen LogP contribution < -0.4 is 16.6 Å². The normalized spacial score (nSPS) is 18.3. The van der Waals surface area contributed by atoms with Gasteiger partial charge in [0, 0.05) is 17.0 Å². The molecule has 5 rings (SSSR count). The monoisotopic (exact) mass is 534 g/mol. The number of pyridine rings is 1. The molecule has 1 saturated carbocycles. The van der Waals surface area contributed by atoms with Crippen molar-refractivity contribution in [3.8, 4) is 5.69 Å². The van der Waals surface area contributed by atoms with Crippen LogP contribution in [0.2, 0.25) is 0 Å². The minimum absolute atomic E-state index is 0.0283. The lowest BCUT2D eigenvalue weighted by Gasteiger charge is -2.31. The number of aliphatic hydroxyl groups excluding tert-OH is 1. The van der Waals surface area contributed by atoms with Crippen LogP contribution in [0, 0.1) is 5.82 Å². The van der Waals surface area contributed by atoms with E-state index >= 15 is 0 Å². The first-order valence-corrected chi connectivity index (χ1v) is 13.6. The summed E-state index contributed by atoms with van der Waals surface area (Å²) in [5.41, 5.74) is 0.0312. The van der Waals surface area contributed by atoms with Crippen LogP contribution in [0.1, 0.15) is 43.4 Å². The topological polar surface area (TPSA) is 106 Å². The quantitative estimate of drug-likeness (QED) is 0.365. The van der Waals surface area contributed by atoms with E-state index in [0.717, 1.165) is 17.2 Å². The Balaban J connectivity index is 1.44. The van der Waals surface area contributed by atoms with Crippen LogP contribution in [0.15, 0.2) is 81.3 Å². The van der Waals surface area contributed by atoms with Crippen molar-refractivity contribution in [1.82, 2.24) is 19.4 Å². The van der Waals surface area contributed by atoms with Crippen LogP contribution in [-0.2, 0) is 4.79 Å². The van der Waals surface area contributed by atoms with Crippen molar-refractivity contribution in [2.24, 2.45) is 0 Å². The van der Waals surface area contributed by atoms with Crippen molar-refractivity contribution < 1.29 is 14.3 Å². The molecule has 0 spiro atoms. The summed E-state index contributed by atoms with van der Waals surface area (Å²) in [5.74, 6) is -1.15. The third-order valence-electron chi connectivity index (χ3n) is 6.98. The maximum atomic E-state index is 14.1. The molecule has 2 aromatic carbocycles. The molecular formula is C28H27FN4O4S. The highest BCUT2D eigenvalue weighted by molar-refractivity contribution is 7.98. The standard InChI is InChI=1S/C28H27FN4O4S/c1-38-22-9-5-8-21(15-22)32-25-23(14-18(29)16-30-25)27(36)33(28(32)37)20-12-10-19(11-13-20)31-26(35)24(34)17-6-3-2-4-7-17/h2-9,14-16,19-20,24,34H,10-13H2,1H3,(H,31,35)/t19?,20?,24-/m1/s1. The number of aliphatic hydroxyl groups is 1. The highest BCUT2D eigenvalue weighted by atomic mass is 32.2. The van der Waals surface area contributed by atoms with Crippen molar-refractivity contribution >= 4 is 28.7 Å². The number of nitrogens with one attached hydrogen (secondary N) is 1. The van der Waals surface area contributed by atoms with Gasteiger partial charge in [0.2, 0.25) is 0 Å². The van der Waals surface area contributed by atoms with Gasteiger partial charge in [-0.05, 0) is 61.8 Å². The molecule has 0 radical (unpaired) electrons. The smallest absolute Gasteiger partial charge is 0.337 e. The summed E-state index contributed by atoms with van der Waals surface area (Å²) < 4.78 is 16.7. The number of hydrogen-bond donors (Lipinski definition) is 2. The Labute approximate surface area is 222 Å². The molecule has 1 aliphatic carbocycles. The summed E-state index contributed by atoms with van der Waals surface area (Å²) in [6.07, 6.45) is 3.60. The number of carbonyl (C=O) groups excluding carboxylic acids is 1. The van der Waals surface area contributed by atoms with Gasteiger partial charge in [-0.25, -0.2) is 18.7 Å². The predicted octanol–water partition coefficient (Wildman–Crippen LogP) is 3.74. The summed E-state index contributed by atoms with van der Waals surface area (Å²) in [6, 6.07) is 16.5. The average molecular weight is 535 g/mol. The lowest BCUT2D eigenvalue weighted by Crippen LogP contribution is -2.45. The van der Waals surface area contributed by atoms with E-state index in [4.69, 9.17) is 0 Å². The molecule has 0 saturated heterocycles. The van der Waals surface area contributed by atoms with E-state index in [0.29, 0.717) is 36.9 Å². The molecule has 4 aromatic rings. The Morgan fingerprint density at radius 2 is 1.82 bits per heavy atom. The summed E-state index contributed by atoms with van der Waals surface area (Å²) >= 11 is 1.52. The maximum Gasteiger partial charge on any atom is 0.337 e. The number of carbonyl (C=O) groups is 1. The van der Waals surface area contributed by atoms with Crippen molar-refractivity contribution in [1.29, 1.82) is 0 Å². The zero-order chi connectivity index (χ0) is 26.8. The Morgan fingerprint density at radius 3 is 2.53 bits per heavy atom. The van der Waals surface area contributed by atoms with Gasteiger partial charge >= 0.3 is 5.69 Å². The summed E-state index contributed by atoms with van der Waals surface area (Å²) in [5, 5.41) is 13.3. The van der Waals surface area contributed by atoms with Gasteiger partial charge in [0.25, 0.3) is 11.5 Å². The number of rotatable bonds is 6. The van der Waals surface area contributed by atoms with Crippen LogP contribution in [0.3, 0.4) is 0 Å². The molecule has 0 unspecified atom stereocenters. The van der Waals surface area contributed by atoms with E-state index in [1.54, 1.807) is 30.3 Å². The molecule has 2 N–H and O–H groups in total. The third kappa shape index (κ3) is 5.01. The van der Waals surface area contributed by atoms with Gasteiger partial charge in [0.05, 0.1) is 17.3 Å². The highest BCUT2D eigenvalue weighted by Gasteiger charge is 2.29. The van der Waals surface area contributed by atoms with E-state index in [9.17, 15) is 23.9 Å². The molecule has 8 nitrogen and oxygen atoms in total. The Bertz CT molecular complexity index is 1600. The number of amides is 1. The van der Waals surface area contributed by atoms with Crippen LogP contribution in [-0.4, -0.2) is 37.4 Å². The SMILES string of the molecule is CSc1cccc(-n2c(=O)n(C3CCC(NC(=O)[C@H](O)c4ccccc4)CC3)c(=O)c3cc(F)cnc32)c1. The van der Waals surface area contributed by atoms with Crippen molar-refractivity contribution in [2.45, 2.75) is 48.8 Å². The Kier molecular flexibility index (Phi) is 7.44. The number of nitrogens with zero attached hydrogens (tertiary/aromatic N) is 3. The van der Waals surface area contributed by atoms with E-state index in [-0.39, 0.29) is 17.1 Å². The van der Waals surface area contributed by atoms with Gasteiger partial charge in [-0.2, -0.15) is 0 Å². The second-order valence-corrected chi connectivity index (χ2v) is 10.2. The number of aromatic nitrogens is 3. The van der Waals surface area contributed by atoms with Gasteiger partial charge in [-0.15, -0.1) is 11.8 Å². The van der Waals surface area contributed by atoms with Crippen LogP contribution in [0.25, 0.3) is 16.7 Å². The lowest BCUT2D eigenvalue weighted by molar-refractivity contribution is -0.130. The first-order chi connectivity index (χ1) is 18.4. The molecule has 38 heavy (non-hydrogen) atoms. The molecular weight excluding hydrogens is 507 g/mol. The second-order valence-electron chi connectivity index (χ2n) is 9.35. The van der Waals surface area contributed by atoms with E-state index in [1.165, 1.54) is 20.9 Å². The maximum absolute atomic E-state index is 14.1. The summed E-state index contributed by atoms with van der Waals surface area (Å²) in [6.45, 7) is 0.